The Morgan fingerprint density at radius 2 is 2.14 bits per heavy atom. The number of nitrogens with zero attached hydrogens (tertiary/aromatic N) is 1. The van der Waals surface area contributed by atoms with Gasteiger partial charge in [-0.3, -0.25) is 4.90 Å². The quantitative estimate of drug-likeness (QED) is 0.667. The van der Waals surface area contributed by atoms with Crippen LogP contribution < -0.4 is 5.32 Å². The molecule has 1 aliphatic heterocycles. The zero-order valence-corrected chi connectivity index (χ0v) is 13.2. The molecule has 0 aromatic heterocycles. The third-order valence-electron chi connectivity index (χ3n) is 3.67. The topological polar surface area (TPSA) is 78.9 Å². The van der Waals surface area contributed by atoms with Crippen molar-refractivity contribution in [2.45, 2.75) is 44.0 Å². The Morgan fingerprint density at radius 1 is 1.38 bits per heavy atom. The molecule has 6 nitrogen and oxygen atoms in total. The van der Waals surface area contributed by atoms with Crippen LogP contribution in [0.4, 0.5) is 4.79 Å². The molecule has 21 heavy (non-hydrogen) atoms. The normalized spacial score (nSPS) is 25.1. The van der Waals surface area contributed by atoms with Gasteiger partial charge in [-0.15, -0.1) is 11.8 Å². The highest BCUT2D eigenvalue weighted by molar-refractivity contribution is 8.00. The first kappa shape index (κ1) is 16.4. The Bertz CT molecular complexity index is 376. The van der Waals surface area contributed by atoms with Crippen LogP contribution in [0, 0.1) is 5.92 Å². The minimum atomic E-state index is -0.910. The lowest BCUT2D eigenvalue weighted by atomic mass is 10.2. The van der Waals surface area contributed by atoms with Crippen LogP contribution in [0.15, 0.2) is 0 Å². The second-order valence-corrected chi connectivity index (χ2v) is 6.67. The van der Waals surface area contributed by atoms with Crippen molar-refractivity contribution in [2.24, 2.45) is 5.92 Å². The lowest BCUT2D eigenvalue weighted by Crippen LogP contribution is -2.51. The zero-order valence-electron chi connectivity index (χ0n) is 12.4. The SMILES string of the molecule is CCCOCCCNC(=O)N1C(C(=O)O)CSC1C1CC1. The van der Waals surface area contributed by atoms with E-state index >= 15 is 0 Å². The number of rotatable bonds is 8. The van der Waals surface area contributed by atoms with E-state index in [4.69, 9.17) is 4.74 Å². The molecular weight excluding hydrogens is 292 g/mol. The second kappa shape index (κ2) is 7.89. The molecule has 2 N–H and O–H groups in total. The van der Waals surface area contributed by atoms with Gasteiger partial charge >= 0.3 is 12.0 Å². The lowest BCUT2D eigenvalue weighted by Gasteiger charge is -2.27. The Labute approximate surface area is 129 Å². The van der Waals surface area contributed by atoms with Crippen molar-refractivity contribution in [3.05, 3.63) is 0 Å². The van der Waals surface area contributed by atoms with Gasteiger partial charge in [0.05, 0.1) is 5.37 Å². The third-order valence-corrected chi connectivity index (χ3v) is 5.13. The van der Waals surface area contributed by atoms with Gasteiger partial charge in [0.15, 0.2) is 0 Å². The summed E-state index contributed by atoms with van der Waals surface area (Å²) in [7, 11) is 0. The number of urea groups is 1. The molecular formula is C14H24N2O4S. The van der Waals surface area contributed by atoms with Crippen molar-refractivity contribution < 1.29 is 19.4 Å². The summed E-state index contributed by atoms with van der Waals surface area (Å²) in [5, 5.41) is 12.1. The van der Waals surface area contributed by atoms with Crippen LogP contribution in [0.2, 0.25) is 0 Å². The largest absolute Gasteiger partial charge is 0.480 e. The molecule has 2 aliphatic rings. The Morgan fingerprint density at radius 3 is 2.76 bits per heavy atom. The number of carbonyl (C=O) groups is 2. The van der Waals surface area contributed by atoms with Gasteiger partial charge in [-0.25, -0.2) is 9.59 Å². The minimum absolute atomic E-state index is 0.0300. The summed E-state index contributed by atoms with van der Waals surface area (Å²) in [6.45, 7) is 3.93. The van der Waals surface area contributed by atoms with Gasteiger partial charge in [-0.1, -0.05) is 6.92 Å². The molecule has 2 unspecified atom stereocenters. The fraction of sp³-hybridized carbons (Fsp3) is 0.857. The first-order valence-electron chi connectivity index (χ1n) is 7.63. The van der Waals surface area contributed by atoms with Gasteiger partial charge in [-0.2, -0.15) is 0 Å². The average molecular weight is 316 g/mol. The first-order chi connectivity index (χ1) is 10.1. The number of ether oxygens (including phenoxy) is 1. The molecule has 1 aliphatic carbocycles. The van der Waals surface area contributed by atoms with Crippen molar-refractivity contribution in [3.8, 4) is 0 Å². The van der Waals surface area contributed by atoms with Gasteiger partial charge in [0.1, 0.15) is 6.04 Å². The number of aliphatic carboxylic acids is 1. The number of nitrogens with one attached hydrogen (secondary N) is 1. The molecule has 0 spiro atoms. The Hall–Kier alpha value is -0.950. The van der Waals surface area contributed by atoms with E-state index in [-0.39, 0.29) is 11.4 Å². The summed E-state index contributed by atoms with van der Waals surface area (Å²) >= 11 is 1.60. The van der Waals surface area contributed by atoms with Crippen LogP contribution in [-0.2, 0) is 9.53 Å². The maximum atomic E-state index is 12.3. The van der Waals surface area contributed by atoms with Gasteiger partial charge in [0.2, 0.25) is 0 Å². The Balaban J connectivity index is 1.78. The lowest BCUT2D eigenvalue weighted by molar-refractivity contribution is -0.141. The maximum Gasteiger partial charge on any atom is 0.327 e. The molecule has 0 aromatic rings. The van der Waals surface area contributed by atoms with Crippen LogP contribution in [0.25, 0.3) is 0 Å². The molecule has 1 saturated carbocycles. The van der Waals surface area contributed by atoms with Crippen molar-refractivity contribution >= 4 is 23.8 Å². The number of thioether (sulfide) groups is 1. The minimum Gasteiger partial charge on any atom is -0.480 e. The predicted molar refractivity (Wildman–Crippen MR) is 81.4 cm³/mol. The number of amides is 2. The van der Waals surface area contributed by atoms with Crippen molar-refractivity contribution in [1.82, 2.24) is 10.2 Å². The van der Waals surface area contributed by atoms with Gasteiger partial charge < -0.3 is 15.2 Å². The summed E-state index contributed by atoms with van der Waals surface area (Å²) in [5.74, 6) is 0.0499. The third kappa shape index (κ3) is 4.51. The number of carbonyl (C=O) groups excluding carboxylic acids is 1. The van der Waals surface area contributed by atoms with E-state index in [2.05, 4.69) is 12.2 Å². The second-order valence-electron chi connectivity index (χ2n) is 5.52. The Kier molecular flexibility index (Phi) is 6.17. The zero-order chi connectivity index (χ0) is 15.2. The number of hydrogen-bond acceptors (Lipinski definition) is 4. The van der Waals surface area contributed by atoms with E-state index in [1.807, 2.05) is 0 Å². The summed E-state index contributed by atoms with van der Waals surface area (Å²) < 4.78 is 5.36. The van der Waals surface area contributed by atoms with Crippen LogP contribution >= 0.6 is 11.8 Å². The molecule has 2 amide bonds. The number of carboxylic acids is 1. The predicted octanol–water partition coefficient (Wildman–Crippen LogP) is 1.75. The van der Waals surface area contributed by atoms with E-state index in [1.165, 1.54) is 4.90 Å². The smallest absolute Gasteiger partial charge is 0.327 e. The maximum absolute atomic E-state index is 12.3. The van der Waals surface area contributed by atoms with E-state index in [1.54, 1.807) is 11.8 Å². The van der Waals surface area contributed by atoms with E-state index in [0.717, 1.165) is 32.3 Å². The van der Waals surface area contributed by atoms with Gasteiger partial charge in [0.25, 0.3) is 0 Å². The van der Waals surface area contributed by atoms with Crippen LogP contribution in [0.1, 0.15) is 32.6 Å². The highest BCUT2D eigenvalue weighted by Crippen LogP contribution is 2.45. The monoisotopic (exact) mass is 316 g/mol. The van der Waals surface area contributed by atoms with Crippen molar-refractivity contribution in [2.75, 3.05) is 25.5 Å². The molecule has 120 valence electrons. The highest BCUT2D eigenvalue weighted by Gasteiger charge is 2.47. The van der Waals surface area contributed by atoms with E-state index in [9.17, 15) is 14.7 Å². The molecule has 0 radical (unpaired) electrons. The summed E-state index contributed by atoms with van der Waals surface area (Å²) in [5.41, 5.74) is 0. The van der Waals surface area contributed by atoms with E-state index in [0.29, 0.717) is 24.8 Å². The highest BCUT2D eigenvalue weighted by atomic mass is 32.2. The summed E-state index contributed by atoms with van der Waals surface area (Å²) in [4.78, 5) is 25.1. The molecule has 0 aromatic carbocycles. The fourth-order valence-electron chi connectivity index (χ4n) is 2.43. The summed E-state index contributed by atoms with van der Waals surface area (Å²) in [6.07, 6.45) is 3.93. The summed E-state index contributed by atoms with van der Waals surface area (Å²) in [6, 6.07) is -0.947. The van der Waals surface area contributed by atoms with Crippen LogP contribution in [-0.4, -0.2) is 58.9 Å². The van der Waals surface area contributed by atoms with E-state index < -0.39 is 12.0 Å². The van der Waals surface area contributed by atoms with Gasteiger partial charge in [-0.05, 0) is 31.6 Å². The average Bonchev–Trinajstić information content (AvgIpc) is 3.20. The number of carboxylic acid groups (broad SMARTS) is 1. The molecule has 2 fully saturated rings. The first-order valence-corrected chi connectivity index (χ1v) is 8.68. The molecule has 7 heteroatoms. The molecule has 1 heterocycles. The van der Waals surface area contributed by atoms with Crippen molar-refractivity contribution in [1.29, 1.82) is 0 Å². The van der Waals surface area contributed by atoms with Gasteiger partial charge in [0, 0.05) is 25.5 Å². The van der Waals surface area contributed by atoms with Crippen LogP contribution in [0.3, 0.4) is 0 Å². The molecule has 0 bridgehead atoms. The van der Waals surface area contributed by atoms with Crippen molar-refractivity contribution in [3.63, 3.8) is 0 Å². The molecule has 1 saturated heterocycles. The standard InChI is InChI=1S/C14H24N2O4S/c1-2-7-20-8-3-6-15-14(19)16-11(13(17)18)9-21-12(16)10-4-5-10/h10-12H,2-9H2,1H3,(H,15,19)(H,17,18). The molecule has 2 rings (SSSR count). The molecule has 2 atom stereocenters. The number of hydrogen-bond donors (Lipinski definition) is 2. The van der Waals surface area contributed by atoms with Crippen LogP contribution in [0.5, 0.6) is 0 Å². The fourth-order valence-corrected chi connectivity index (χ4v) is 4.06.